The first-order chi connectivity index (χ1) is 11.3. The van der Waals surface area contributed by atoms with Gasteiger partial charge in [-0.05, 0) is 36.2 Å². The lowest BCUT2D eigenvalue weighted by Gasteiger charge is -2.08. The van der Waals surface area contributed by atoms with E-state index in [2.05, 4.69) is 46.1 Å². The zero-order chi connectivity index (χ0) is 15.6. The normalized spacial score (nSPS) is 11.0. The van der Waals surface area contributed by atoms with Gasteiger partial charge in [0.05, 0.1) is 16.7 Å². The van der Waals surface area contributed by atoms with Gasteiger partial charge in [-0.2, -0.15) is 0 Å². The molecule has 0 unspecified atom stereocenters. The Labute approximate surface area is 134 Å². The Morgan fingerprint density at radius 3 is 2.74 bits per heavy atom. The van der Waals surface area contributed by atoms with Gasteiger partial charge in [-0.15, -0.1) is 0 Å². The Bertz CT molecular complexity index is 957. The fraction of sp³-hybridized carbons (Fsp3) is 0.105. The zero-order valence-electron chi connectivity index (χ0n) is 12.8. The van der Waals surface area contributed by atoms with Gasteiger partial charge in [0, 0.05) is 30.6 Å². The third kappa shape index (κ3) is 2.59. The van der Waals surface area contributed by atoms with Crippen LogP contribution in [0, 0.1) is 6.92 Å². The van der Waals surface area contributed by atoms with E-state index in [1.54, 1.807) is 12.4 Å². The number of rotatable bonds is 3. The summed E-state index contributed by atoms with van der Waals surface area (Å²) < 4.78 is 0. The van der Waals surface area contributed by atoms with Crippen LogP contribution in [0.1, 0.15) is 16.8 Å². The van der Waals surface area contributed by atoms with Crippen LogP contribution in [0.2, 0.25) is 0 Å². The molecule has 0 bridgehead atoms. The van der Waals surface area contributed by atoms with E-state index < -0.39 is 0 Å². The van der Waals surface area contributed by atoms with Crippen molar-refractivity contribution in [2.45, 2.75) is 13.3 Å². The molecule has 3 aromatic heterocycles. The number of aromatic amines is 1. The highest BCUT2D eigenvalue weighted by atomic mass is 14.9. The predicted molar refractivity (Wildman–Crippen MR) is 91.1 cm³/mol. The number of hydrogen-bond donors (Lipinski definition) is 1. The second-order valence-electron chi connectivity index (χ2n) is 5.58. The van der Waals surface area contributed by atoms with Crippen molar-refractivity contribution in [3.8, 4) is 11.4 Å². The molecule has 0 saturated heterocycles. The van der Waals surface area contributed by atoms with E-state index >= 15 is 0 Å². The fourth-order valence-electron chi connectivity index (χ4n) is 2.75. The van der Waals surface area contributed by atoms with Crippen LogP contribution < -0.4 is 0 Å². The number of H-pyrrole nitrogens is 1. The van der Waals surface area contributed by atoms with Crippen molar-refractivity contribution in [1.82, 2.24) is 19.9 Å². The van der Waals surface area contributed by atoms with E-state index in [0.29, 0.717) is 5.82 Å². The molecule has 1 aromatic carbocycles. The van der Waals surface area contributed by atoms with Gasteiger partial charge in [0.25, 0.3) is 0 Å². The highest BCUT2D eigenvalue weighted by molar-refractivity contribution is 5.79. The van der Waals surface area contributed by atoms with Crippen LogP contribution >= 0.6 is 0 Å². The van der Waals surface area contributed by atoms with Gasteiger partial charge in [-0.1, -0.05) is 24.3 Å². The molecule has 4 heteroatoms. The second kappa shape index (κ2) is 5.65. The number of benzene rings is 1. The molecule has 0 spiro atoms. The van der Waals surface area contributed by atoms with Crippen molar-refractivity contribution in [2.75, 3.05) is 0 Å². The van der Waals surface area contributed by atoms with Crippen LogP contribution in [-0.4, -0.2) is 19.9 Å². The molecule has 0 aliphatic rings. The Morgan fingerprint density at radius 1 is 1.00 bits per heavy atom. The number of fused-ring (bicyclic) bond motifs is 1. The van der Waals surface area contributed by atoms with Crippen LogP contribution in [0.25, 0.3) is 22.4 Å². The van der Waals surface area contributed by atoms with Crippen LogP contribution in [0.5, 0.6) is 0 Å². The minimum atomic E-state index is 0.716. The summed E-state index contributed by atoms with van der Waals surface area (Å²) in [4.78, 5) is 16.9. The number of hydrogen-bond acceptors (Lipinski definition) is 3. The van der Waals surface area contributed by atoms with Crippen molar-refractivity contribution < 1.29 is 0 Å². The average Bonchev–Trinajstić information content (AvgIpc) is 3.06. The Balaban J connectivity index is 1.85. The minimum Gasteiger partial charge on any atom is -0.358 e. The van der Waals surface area contributed by atoms with Gasteiger partial charge in [0.1, 0.15) is 0 Å². The lowest BCUT2D eigenvalue weighted by Crippen LogP contribution is -2.00. The van der Waals surface area contributed by atoms with Crippen LogP contribution in [-0.2, 0) is 6.42 Å². The van der Waals surface area contributed by atoms with Crippen LogP contribution in [0.15, 0.2) is 61.1 Å². The summed E-state index contributed by atoms with van der Waals surface area (Å²) >= 11 is 0. The molecule has 1 N–H and O–H groups in total. The third-order valence-corrected chi connectivity index (χ3v) is 4.02. The molecule has 4 rings (SSSR count). The monoisotopic (exact) mass is 300 g/mol. The molecule has 0 amide bonds. The first-order valence-electron chi connectivity index (χ1n) is 7.60. The van der Waals surface area contributed by atoms with Crippen molar-refractivity contribution >= 4 is 11.0 Å². The fourth-order valence-corrected chi connectivity index (χ4v) is 2.75. The van der Waals surface area contributed by atoms with Gasteiger partial charge < -0.3 is 4.98 Å². The zero-order valence-corrected chi connectivity index (χ0v) is 12.8. The summed E-state index contributed by atoms with van der Waals surface area (Å²) in [6, 6.07) is 14.3. The first kappa shape index (κ1) is 13.6. The lowest BCUT2D eigenvalue weighted by atomic mass is 10.0. The second-order valence-corrected chi connectivity index (χ2v) is 5.58. The van der Waals surface area contributed by atoms with Crippen molar-refractivity contribution in [2.24, 2.45) is 0 Å². The molecule has 112 valence electrons. The highest BCUT2D eigenvalue weighted by Crippen LogP contribution is 2.23. The maximum absolute atomic E-state index is 4.80. The Morgan fingerprint density at radius 2 is 1.91 bits per heavy atom. The molecule has 0 aliphatic heterocycles. The summed E-state index contributed by atoms with van der Waals surface area (Å²) in [7, 11) is 0. The van der Waals surface area contributed by atoms with E-state index in [4.69, 9.17) is 4.98 Å². The van der Waals surface area contributed by atoms with Gasteiger partial charge in [-0.3, -0.25) is 4.98 Å². The number of nitrogens with one attached hydrogen (secondary N) is 1. The average molecular weight is 300 g/mol. The maximum Gasteiger partial charge on any atom is 0.161 e. The molecule has 0 fully saturated rings. The highest BCUT2D eigenvalue weighted by Gasteiger charge is 2.11. The quantitative estimate of drug-likeness (QED) is 0.624. The van der Waals surface area contributed by atoms with E-state index in [-0.39, 0.29) is 0 Å². The molecule has 4 aromatic rings. The van der Waals surface area contributed by atoms with Crippen molar-refractivity contribution in [1.29, 1.82) is 0 Å². The van der Waals surface area contributed by atoms with Gasteiger partial charge in [-0.25, -0.2) is 9.97 Å². The molecule has 0 aliphatic carbocycles. The molecular formula is C19H16N4. The summed E-state index contributed by atoms with van der Waals surface area (Å²) in [5, 5.41) is 0. The van der Waals surface area contributed by atoms with Crippen LogP contribution in [0.3, 0.4) is 0 Å². The summed E-state index contributed by atoms with van der Waals surface area (Å²) in [6.45, 7) is 2.13. The summed E-state index contributed by atoms with van der Waals surface area (Å²) in [5.74, 6) is 0.716. The van der Waals surface area contributed by atoms with Crippen molar-refractivity contribution in [3.63, 3.8) is 0 Å². The SMILES string of the molecule is Cc1ccccc1Cc1nc(-c2cccnc2)nc2cc[nH]c12. The standard InChI is InChI=1S/C19H16N4/c1-13-5-2-3-6-14(13)11-17-18-16(8-10-21-18)22-19(23-17)15-7-4-9-20-12-15/h2-10,12,21H,11H2,1H3. The molecule has 0 atom stereocenters. The van der Waals surface area contributed by atoms with Crippen molar-refractivity contribution in [3.05, 3.63) is 77.9 Å². The van der Waals surface area contributed by atoms with Gasteiger partial charge >= 0.3 is 0 Å². The van der Waals surface area contributed by atoms with Gasteiger partial charge in [0.15, 0.2) is 5.82 Å². The molecular weight excluding hydrogens is 284 g/mol. The Hall–Kier alpha value is -3.01. The molecule has 0 saturated carbocycles. The first-order valence-corrected chi connectivity index (χ1v) is 7.60. The number of pyridine rings is 1. The topological polar surface area (TPSA) is 54.5 Å². The van der Waals surface area contributed by atoms with E-state index in [9.17, 15) is 0 Å². The number of nitrogens with zero attached hydrogens (tertiary/aromatic N) is 3. The predicted octanol–water partition coefficient (Wildman–Crippen LogP) is 3.92. The van der Waals surface area contributed by atoms with Crippen LogP contribution in [0.4, 0.5) is 0 Å². The van der Waals surface area contributed by atoms with E-state index in [1.807, 2.05) is 24.4 Å². The van der Waals surface area contributed by atoms with E-state index in [0.717, 1.165) is 28.7 Å². The largest absolute Gasteiger partial charge is 0.358 e. The van der Waals surface area contributed by atoms with Gasteiger partial charge in [0.2, 0.25) is 0 Å². The minimum absolute atomic E-state index is 0.716. The van der Waals surface area contributed by atoms with E-state index in [1.165, 1.54) is 11.1 Å². The lowest BCUT2D eigenvalue weighted by molar-refractivity contribution is 1.05. The summed E-state index contributed by atoms with van der Waals surface area (Å²) in [5.41, 5.74) is 6.42. The number of aromatic nitrogens is 4. The molecule has 23 heavy (non-hydrogen) atoms. The molecule has 0 radical (unpaired) electrons. The Kier molecular flexibility index (Phi) is 3.35. The molecule has 3 heterocycles. The molecule has 4 nitrogen and oxygen atoms in total. The smallest absolute Gasteiger partial charge is 0.161 e. The third-order valence-electron chi connectivity index (χ3n) is 4.02. The summed E-state index contributed by atoms with van der Waals surface area (Å²) in [6.07, 6.45) is 6.24. The maximum atomic E-state index is 4.80. The number of aryl methyl sites for hydroxylation is 1.